The molecule has 1 aromatic rings. The molecular weight excluding hydrogens is 197 g/mol. The first-order chi connectivity index (χ1) is 4.18. The molecule has 0 fully saturated rings. The Morgan fingerprint density at radius 3 is 1.10 bits per heavy atom. The van der Waals surface area contributed by atoms with Crippen molar-refractivity contribution in [1.82, 2.24) is 15.0 Å². The van der Waals surface area contributed by atoms with Crippen LogP contribution in [0, 0.1) is 0 Å². The molecule has 0 saturated carbocycles. The molecule has 0 amide bonds. The van der Waals surface area contributed by atoms with Crippen LogP contribution < -0.4 is 0 Å². The van der Waals surface area contributed by atoms with Crippen LogP contribution in [0.25, 0.3) is 0 Å². The second kappa shape index (κ2) is 4.84. The third-order valence-corrected chi connectivity index (χ3v) is 1.20. The molecule has 10 heavy (non-hydrogen) atoms. The van der Waals surface area contributed by atoms with E-state index in [0.717, 1.165) is 0 Å². The first kappa shape index (κ1) is 11.1. The summed E-state index contributed by atoms with van der Waals surface area (Å²) in [7, 11) is 0. The van der Waals surface area contributed by atoms with Gasteiger partial charge in [-0.05, 0) is 0 Å². The quantitative estimate of drug-likeness (QED) is 0.411. The third-order valence-electron chi connectivity index (χ3n) is 0.600. The minimum absolute atomic E-state index is 0. The molecule has 0 saturated heterocycles. The first-order valence-corrected chi connectivity index (χ1v) is 3.35. The summed E-state index contributed by atoms with van der Waals surface area (Å²) in [5, 5.41) is 1.00. The maximum absolute atomic E-state index is 3.86. The Morgan fingerprint density at radius 2 is 0.900 bits per heavy atom. The molecular formula is C3H4N3NaS3. The summed E-state index contributed by atoms with van der Waals surface area (Å²) >= 11 is 11.6. The Morgan fingerprint density at radius 1 is 0.700 bits per heavy atom. The number of rotatable bonds is 0. The standard InChI is InChI=1S/C3H3N3S3.Na.H/c7-1-4-2(8)6-3(9)5-1;;/h(H3,4,5,6,7,8,9);;. The van der Waals surface area contributed by atoms with Crippen molar-refractivity contribution in [2.75, 3.05) is 0 Å². The number of aromatic nitrogens is 3. The van der Waals surface area contributed by atoms with Crippen molar-refractivity contribution in [3.63, 3.8) is 0 Å². The zero-order valence-corrected chi connectivity index (χ0v) is 6.87. The van der Waals surface area contributed by atoms with Crippen molar-refractivity contribution in [2.24, 2.45) is 0 Å². The molecule has 50 valence electrons. The molecule has 0 aliphatic rings. The fraction of sp³-hybridized carbons (Fsp3) is 0. The van der Waals surface area contributed by atoms with E-state index in [-0.39, 0.29) is 29.6 Å². The molecule has 0 aromatic carbocycles. The summed E-state index contributed by atoms with van der Waals surface area (Å²) in [6, 6.07) is 0. The fourth-order valence-corrected chi connectivity index (χ4v) is 1.15. The van der Waals surface area contributed by atoms with Gasteiger partial charge in [0.2, 0.25) is 0 Å². The number of hydrogen-bond acceptors (Lipinski definition) is 6. The second-order valence-corrected chi connectivity index (χ2v) is 2.44. The van der Waals surface area contributed by atoms with Crippen molar-refractivity contribution in [3.8, 4) is 0 Å². The number of nitrogens with zero attached hydrogens (tertiary/aromatic N) is 3. The Balaban J connectivity index is 0.000000810. The molecule has 0 aliphatic heterocycles. The molecule has 0 radical (unpaired) electrons. The van der Waals surface area contributed by atoms with Gasteiger partial charge >= 0.3 is 29.6 Å². The molecule has 3 nitrogen and oxygen atoms in total. The van der Waals surface area contributed by atoms with Crippen LogP contribution in [0.2, 0.25) is 0 Å². The molecule has 1 aromatic heterocycles. The van der Waals surface area contributed by atoms with E-state index in [0.29, 0.717) is 15.5 Å². The molecule has 1 rings (SSSR count). The summed E-state index contributed by atoms with van der Waals surface area (Å²) in [5.41, 5.74) is 0. The summed E-state index contributed by atoms with van der Waals surface area (Å²) < 4.78 is 0. The van der Waals surface area contributed by atoms with Crippen molar-refractivity contribution in [1.29, 1.82) is 0 Å². The van der Waals surface area contributed by atoms with Gasteiger partial charge in [0.15, 0.2) is 15.5 Å². The van der Waals surface area contributed by atoms with Crippen molar-refractivity contribution < 1.29 is 0 Å². The normalized spacial score (nSPS) is 8.70. The average Bonchev–Trinajstić information content (AvgIpc) is 1.59. The number of hydrogen-bond donors (Lipinski definition) is 3. The van der Waals surface area contributed by atoms with Gasteiger partial charge in [0, 0.05) is 0 Å². The summed E-state index contributed by atoms with van der Waals surface area (Å²) in [6.07, 6.45) is 0. The Kier molecular flexibility index (Phi) is 5.35. The molecule has 0 spiro atoms. The molecule has 0 aliphatic carbocycles. The summed E-state index contributed by atoms with van der Waals surface area (Å²) in [5.74, 6) is 0. The van der Waals surface area contributed by atoms with Crippen LogP contribution >= 0.6 is 37.9 Å². The van der Waals surface area contributed by atoms with E-state index in [9.17, 15) is 0 Å². The van der Waals surface area contributed by atoms with Crippen molar-refractivity contribution >= 4 is 67.4 Å². The van der Waals surface area contributed by atoms with E-state index in [2.05, 4.69) is 52.8 Å². The molecule has 0 N–H and O–H groups in total. The van der Waals surface area contributed by atoms with Gasteiger partial charge in [-0.1, -0.05) is 0 Å². The number of thiol groups is 3. The van der Waals surface area contributed by atoms with Gasteiger partial charge in [0.05, 0.1) is 0 Å². The topological polar surface area (TPSA) is 38.7 Å². The monoisotopic (exact) mass is 201 g/mol. The second-order valence-electron chi connectivity index (χ2n) is 1.24. The molecule has 0 bridgehead atoms. The van der Waals surface area contributed by atoms with Crippen molar-refractivity contribution in [2.45, 2.75) is 15.5 Å². The zero-order chi connectivity index (χ0) is 6.85. The van der Waals surface area contributed by atoms with Crippen LogP contribution in [0.4, 0.5) is 0 Å². The van der Waals surface area contributed by atoms with Gasteiger partial charge in [-0.3, -0.25) is 0 Å². The average molecular weight is 201 g/mol. The Bertz CT molecular complexity index is 180. The predicted octanol–water partition coefficient (Wildman–Crippen LogP) is 0.0892. The van der Waals surface area contributed by atoms with Crippen LogP contribution in [-0.4, -0.2) is 44.5 Å². The molecule has 1 heterocycles. The Labute approximate surface area is 97.0 Å². The van der Waals surface area contributed by atoms with Crippen LogP contribution in [0.3, 0.4) is 0 Å². The predicted molar refractivity (Wildman–Crippen MR) is 48.7 cm³/mol. The van der Waals surface area contributed by atoms with Gasteiger partial charge in [-0.2, -0.15) is 15.0 Å². The van der Waals surface area contributed by atoms with E-state index in [1.54, 1.807) is 0 Å². The van der Waals surface area contributed by atoms with Gasteiger partial charge in [0.1, 0.15) is 0 Å². The Hall–Kier alpha value is 1.06. The van der Waals surface area contributed by atoms with Gasteiger partial charge in [-0.25, -0.2) is 0 Å². The zero-order valence-electron chi connectivity index (χ0n) is 4.18. The van der Waals surface area contributed by atoms with Crippen molar-refractivity contribution in [3.05, 3.63) is 0 Å². The first-order valence-electron chi connectivity index (χ1n) is 2.01. The minimum atomic E-state index is 0. The maximum atomic E-state index is 3.86. The summed E-state index contributed by atoms with van der Waals surface area (Å²) in [4.78, 5) is 11.1. The van der Waals surface area contributed by atoms with Crippen LogP contribution in [-0.2, 0) is 0 Å². The van der Waals surface area contributed by atoms with Crippen LogP contribution in [0.1, 0.15) is 0 Å². The van der Waals surface area contributed by atoms with E-state index in [1.165, 1.54) is 0 Å². The van der Waals surface area contributed by atoms with Gasteiger partial charge < -0.3 is 0 Å². The molecule has 0 unspecified atom stereocenters. The SMILES string of the molecule is Sc1nc(S)nc(S)n1.[NaH]. The molecule has 7 heteroatoms. The summed E-state index contributed by atoms with van der Waals surface area (Å²) in [6.45, 7) is 0. The van der Waals surface area contributed by atoms with E-state index in [1.807, 2.05) is 0 Å². The van der Waals surface area contributed by atoms with Gasteiger partial charge in [-0.15, -0.1) is 37.9 Å². The molecule has 0 atom stereocenters. The van der Waals surface area contributed by atoms with Crippen LogP contribution in [0.15, 0.2) is 15.5 Å². The van der Waals surface area contributed by atoms with E-state index < -0.39 is 0 Å². The van der Waals surface area contributed by atoms with E-state index in [4.69, 9.17) is 0 Å². The van der Waals surface area contributed by atoms with E-state index >= 15 is 0 Å². The third kappa shape index (κ3) is 3.45. The fourth-order valence-electron chi connectivity index (χ4n) is 0.343. The van der Waals surface area contributed by atoms with Crippen LogP contribution in [0.5, 0.6) is 0 Å². The van der Waals surface area contributed by atoms with Gasteiger partial charge in [0.25, 0.3) is 0 Å².